The molecule has 4 amide bonds. The molecule has 7 rings (SSSR count). The highest BCUT2D eigenvalue weighted by Crippen LogP contribution is 2.61. The molecule has 0 bridgehead atoms. The monoisotopic (exact) mass is 684 g/mol. The van der Waals surface area contributed by atoms with Gasteiger partial charge < -0.3 is 19.9 Å². The summed E-state index contributed by atoms with van der Waals surface area (Å²) in [6.45, 7) is 1.72. The summed E-state index contributed by atoms with van der Waals surface area (Å²) in [6, 6.07) is 14.3. The van der Waals surface area contributed by atoms with Gasteiger partial charge in [-0.2, -0.15) is 0 Å². The quantitative estimate of drug-likeness (QED) is 0.202. The zero-order valence-electron chi connectivity index (χ0n) is 26.4. The number of phenols is 1. The molecular formula is C36H31BClFN2O8. The maximum absolute atomic E-state index is 14.5. The van der Waals surface area contributed by atoms with E-state index in [4.69, 9.17) is 16.3 Å². The summed E-state index contributed by atoms with van der Waals surface area (Å²) in [6.07, 6.45) is 5.81. The Morgan fingerprint density at radius 2 is 1.71 bits per heavy atom. The van der Waals surface area contributed by atoms with E-state index in [1.807, 2.05) is 12.2 Å². The Kier molecular flexibility index (Phi) is 8.00. The number of ether oxygens (including phenoxy) is 1. The lowest BCUT2D eigenvalue weighted by Gasteiger charge is -2.47. The third-order valence-electron chi connectivity index (χ3n) is 10.6. The molecule has 1 saturated carbocycles. The van der Waals surface area contributed by atoms with E-state index in [0.29, 0.717) is 5.56 Å². The zero-order valence-corrected chi connectivity index (χ0v) is 27.2. The minimum atomic E-state index is -1.80. The van der Waals surface area contributed by atoms with Crippen LogP contribution in [-0.2, 0) is 19.2 Å². The van der Waals surface area contributed by atoms with Gasteiger partial charge in [0.05, 0.1) is 46.7 Å². The topological polar surface area (TPSA) is 145 Å². The molecule has 6 atom stereocenters. The van der Waals surface area contributed by atoms with Crippen molar-refractivity contribution in [2.24, 2.45) is 35.0 Å². The van der Waals surface area contributed by atoms with Gasteiger partial charge in [0.25, 0.3) is 0 Å². The number of hydrogen-bond donors (Lipinski definition) is 3. The van der Waals surface area contributed by atoms with Crippen molar-refractivity contribution >= 4 is 65.3 Å². The van der Waals surface area contributed by atoms with Crippen molar-refractivity contribution in [3.63, 3.8) is 0 Å². The highest BCUT2D eigenvalue weighted by molar-refractivity contribution is 6.58. The smallest absolute Gasteiger partial charge is 0.488 e. The number of fused-ring (bicyclic) bond motifs is 4. The molecule has 3 aromatic carbocycles. The maximum Gasteiger partial charge on any atom is 0.488 e. The summed E-state index contributed by atoms with van der Waals surface area (Å²) in [7, 11) is -0.376. The average molecular weight is 685 g/mol. The molecule has 2 aliphatic heterocycles. The van der Waals surface area contributed by atoms with Crippen LogP contribution < -0.4 is 20.0 Å². The van der Waals surface area contributed by atoms with Crippen molar-refractivity contribution in [2.45, 2.75) is 19.8 Å². The number of carbonyl (C=O) groups excluding carboxylic acids is 4. The van der Waals surface area contributed by atoms with Crippen LogP contribution in [0.1, 0.15) is 25.3 Å². The Hall–Kier alpha value is -4.78. The van der Waals surface area contributed by atoms with Gasteiger partial charge >= 0.3 is 7.12 Å². The largest absolute Gasteiger partial charge is 0.504 e. The van der Waals surface area contributed by atoms with Crippen molar-refractivity contribution < 1.29 is 43.5 Å². The molecule has 2 saturated heterocycles. The Balaban J connectivity index is 1.33. The number of allylic oxidation sites excluding steroid dienone is 3. The second-order valence-electron chi connectivity index (χ2n) is 13.1. The van der Waals surface area contributed by atoms with Crippen LogP contribution >= 0.6 is 11.6 Å². The van der Waals surface area contributed by atoms with Crippen molar-refractivity contribution in [1.29, 1.82) is 0 Å². The van der Waals surface area contributed by atoms with Crippen LogP contribution in [0, 0.1) is 40.8 Å². The number of halogens is 2. The Labute approximate surface area is 286 Å². The molecule has 13 heteroatoms. The number of carbonyl (C=O) groups is 4. The fraction of sp³-hybridized carbons (Fsp3) is 0.278. The second-order valence-corrected chi connectivity index (χ2v) is 13.5. The van der Waals surface area contributed by atoms with Crippen LogP contribution in [0.5, 0.6) is 11.5 Å². The van der Waals surface area contributed by atoms with Gasteiger partial charge in [0.1, 0.15) is 5.82 Å². The van der Waals surface area contributed by atoms with Gasteiger partial charge in [-0.1, -0.05) is 53.6 Å². The molecule has 0 spiro atoms. The lowest BCUT2D eigenvalue weighted by atomic mass is 9.52. The SMILES string of the molecule is COc1cc(C=CC2C3=CCC4C(=O)N(c5cccc(B(O)O)c5)C(=O)C4C3CC3C(=O)N(c4ccc(F)c(Cl)c4)C(=O)C23C)ccc1O. The summed E-state index contributed by atoms with van der Waals surface area (Å²) in [5, 5.41) is 29.3. The lowest BCUT2D eigenvalue weighted by Crippen LogP contribution is -2.49. The molecule has 10 nitrogen and oxygen atoms in total. The number of hydrogen-bond acceptors (Lipinski definition) is 8. The van der Waals surface area contributed by atoms with Crippen molar-refractivity contribution in [3.8, 4) is 11.5 Å². The van der Waals surface area contributed by atoms with Gasteiger partial charge in [-0.15, -0.1) is 0 Å². The maximum atomic E-state index is 14.5. The van der Waals surface area contributed by atoms with Gasteiger partial charge in [-0.3, -0.25) is 24.1 Å². The van der Waals surface area contributed by atoms with E-state index in [2.05, 4.69) is 0 Å². The number of aromatic hydroxyl groups is 1. The first-order valence-electron chi connectivity index (χ1n) is 15.8. The number of amides is 4. The molecular weight excluding hydrogens is 654 g/mol. The summed E-state index contributed by atoms with van der Waals surface area (Å²) in [5.74, 6) is -6.16. The molecule has 49 heavy (non-hydrogen) atoms. The van der Waals surface area contributed by atoms with E-state index in [9.17, 15) is 38.7 Å². The molecule has 3 fully saturated rings. The van der Waals surface area contributed by atoms with Gasteiger partial charge in [0, 0.05) is 5.92 Å². The zero-order chi connectivity index (χ0) is 34.9. The minimum Gasteiger partial charge on any atom is -0.504 e. The highest BCUT2D eigenvalue weighted by atomic mass is 35.5. The molecule has 3 aromatic rings. The number of nitrogens with zero attached hydrogens (tertiary/aromatic N) is 2. The summed E-state index contributed by atoms with van der Waals surface area (Å²) >= 11 is 6.06. The first-order valence-corrected chi connectivity index (χ1v) is 16.2. The van der Waals surface area contributed by atoms with Crippen LogP contribution in [0.3, 0.4) is 0 Å². The number of benzene rings is 3. The highest BCUT2D eigenvalue weighted by Gasteiger charge is 2.67. The predicted octanol–water partition coefficient (Wildman–Crippen LogP) is 3.85. The Morgan fingerprint density at radius 1 is 0.959 bits per heavy atom. The fourth-order valence-electron chi connectivity index (χ4n) is 8.17. The summed E-state index contributed by atoms with van der Waals surface area (Å²) in [4.78, 5) is 58.9. The molecule has 250 valence electrons. The Morgan fingerprint density at radius 3 is 2.43 bits per heavy atom. The van der Waals surface area contributed by atoms with E-state index in [-0.39, 0.29) is 46.2 Å². The molecule has 6 unspecified atom stereocenters. The van der Waals surface area contributed by atoms with Crippen molar-refractivity contribution in [3.05, 3.63) is 94.8 Å². The van der Waals surface area contributed by atoms with E-state index in [0.717, 1.165) is 21.4 Å². The van der Waals surface area contributed by atoms with E-state index < -0.39 is 71.6 Å². The first kappa shape index (κ1) is 32.8. The van der Waals surface area contributed by atoms with Crippen LogP contribution in [0.25, 0.3) is 6.08 Å². The standard InChI is InChI=1S/C36H31BClFN2O8/c1-36-25(11-6-18-7-13-29(42)30(14-18)49-2)22-9-10-23-31(34(45)40(32(23)43)20-5-3-4-19(15-20)37(47)48)24(22)17-26(36)33(44)41(35(36)46)21-8-12-28(39)27(38)16-21/h3-9,11-16,23-26,31,42,47-48H,10,17H2,1-2H3. The number of methoxy groups -OCH3 is 1. The molecule has 0 aromatic heterocycles. The van der Waals surface area contributed by atoms with Crippen molar-refractivity contribution in [1.82, 2.24) is 0 Å². The lowest BCUT2D eigenvalue weighted by molar-refractivity contribution is -0.132. The van der Waals surface area contributed by atoms with Gasteiger partial charge in [-0.05, 0) is 79.2 Å². The summed E-state index contributed by atoms with van der Waals surface area (Å²) < 4.78 is 19.4. The third kappa shape index (κ3) is 5.00. The van der Waals surface area contributed by atoms with Gasteiger partial charge in [-0.25, -0.2) is 9.29 Å². The Bertz CT molecular complexity index is 2000. The number of rotatable bonds is 6. The third-order valence-corrected chi connectivity index (χ3v) is 10.9. The molecule has 4 aliphatic rings. The molecule has 2 heterocycles. The van der Waals surface area contributed by atoms with Gasteiger partial charge in [0.2, 0.25) is 23.6 Å². The number of imide groups is 2. The number of anilines is 2. The average Bonchev–Trinajstić information content (AvgIpc) is 3.45. The number of phenolic OH excluding ortho intramolecular Hbond substituents is 1. The predicted molar refractivity (Wildman–Crippen MR) is 179 cm³/mol. The minimum absolute atomic E-state index is 0.0522. The van der Waals surface area contributed by atoms with E-state index in [1.165, 1.54) is 43.5 Å². The van der Waals surface area contributed by atoms with Crippen LogP contribution in [-0.4, -0.2) is 53.0 Å². The first-order chi connectivity index (χ1) is 23.4. The fourth-order valence-corrected chi connectivity index (χ4v) is 8.35. The van der Waals surface area contributed by atoms with Gasteiger partial charge in [0.15, 0.2) is 11.5 Å². The van der Waals surface area contributed by atoms with Crippen LogP contribution in [0.2, 0.25) is 5.02 Å². The van der Waals surface area contributed by atoms with E-state index >= 15 is 0 Å². The molecule has 0 radical (unpaired) electrons. The van der Waals surface area contributed by atoms with Crippen LogP contribution in [0.15, 0.2) is 78.4 Å². The van der Waals surface area contributed by atoms with Crippen molar-refractivity contribution in [2.75, 3.05) is 16.9 Å². The summed E-state index contributed by atoms with van der Waals surface area (Å²) in [5.41, 5.74) is 0.539. The molecule has 3 N–H and O–H groups in total. The second kappa shape index (κ2) is 12.0. The van der Waals surface area contributed by atoms with Crippen LogP contribution in [0.4, 0.5) is 15.8 Å². The van der Waals surface area contributed by atoms with E-state index in [1.54, 1.807) is 31.2 Å². The molecule has 2 aliphatic carbocycles. The normalized spacial score (nSPS) is 27.7.